The Bertz CT molecular complexity index is 263. The molecule has 1 aliphatic heterocycles. The van der Waals surface area contributed by atoms with Crippen molar-refractivity contribution in [3.05, 3.63) is 12.2 Å². The zero-order valence-corrected chi connectivity index (χ0v) is 8.95. The molecule has 0 unspecified atom stereocenters. The molecular weight excluding hydrogens is 194 g/mol. The number of nitrogens with zero attached hydrogens (tertiary/aromatic N) is 1. The van der Waals surface area contributed by atoms with E-state index in [9.17, 15) is 9.59 Å². The van der Waals surface area contributed by atoms with Crippen LogP contribution in [-0.4, -0.2) is 49.4 Å². The molecule has 1 heterocycles. The molecule has 2 N–H and O–H groups in total. The quantitative estimate of drug-likeness (QED) is 0.593. The lowest BCUT2D eigenvalue weighted by Gasteiger charge is -2.25. The molecule has 0 saturated carbocycles. The van der Waals surface area contributed by atoms with Gasteiger partial charge in [0.1, 0.15) is 0 Å². The van der Waals surface area contributed by atoms with E-state index in [1.807, 2.05) is 6.92 Å². The summed E-state index contributed by atoms with van der Waals surface area (Å²) in [7, 11) is 0. The second kappa shape index (κ2) is 6.19. The van der Waals surface area contributed by atoms with Gasteiger partial charge in [0.2, 0.25) is 11.8 Å². The Labute approximate surface area is 89.5 Å². The molecule has 2 amide bonds. The molecule has 0 radical (unpaired) electrons. The minimum Gasteiger partial charge on any atom is -0.353 e. The summed E-state index contributed by atoms with van der Waals surface area (Å²) in [5, 5.41) is 5.64. The van der Waals surface area contributed by atoms with Crippen LogP contribution in [0.4, 0.5) is 0 Å². The minimum atomic E-state index is -0.111. The van der Waals surface area contributed by atoms with Crippen LogP contribution >= 0.6 is 0 Å². The number of carbonyl (C=O) groups excluding carboxylic acids is 2. The first kappa shape index (κ1) is 11.7. The van der Waals surface area contributed by atoms with Crippen LogP contribution in [0.15, 0.2) is 12.2 Å². The van der Waals surface area contributed by atoms with Gasteiger partial charge in [0.05, 0.1) is 6.54 Å². The van der Waals surface area contributed by atoms with Gasteiger partial charge in [-0.2, -0.15) is 0 Å². The van der Waals surface area contributed by atoms with Crippen molar-refractivity contribution in [1.82, 2.24) is 15.5 Å². The lowest BCUT2D eigenvalue weighted by atomic mass is 10.3. The number of amides is 2. The maximum Gasteiger partial charge on any atom is 0.243 e. The summed E-state index contributed by atoms with van der Waals surface area (Å²) >= 11 is 0. The van der Waals surface area contributed by atoms with E-state index in [0.29, 0.717) is 26.2 Å². The van der Waals surface area contributed by atoms with Crippen LogP contribution in [0, 0.1) is 0 Å². The van der Waals surface area contributed by atoms with Crippen molar-refractivity contribution >= 4 is 11.8 Å². The molecule has 0 spiro atoms. The van der Waals surface area contributed by atoms with Crippen molar-refractivity contribution in [2.24, 2.45) is 0 Å². The SMILES string of the molecule is CCNC(=O)/C=C/CN1CCNCC1=O. The fourth-order valence-electron chi connectivity index (χ4n) is 1.36. The van der Waals surface area contributed by atoms with Gasteiger partial charge in [-0.15, -0.1) is 0 Å². The lowest BCUT2D eigenvalue weighted by molar-refractivity contribution is -0.131. The van der Waals surface area contributed by atoms with Gasteiger partial charge in [0.15, 0.2) is 0 Å². The highest BCUT2D eigenvalue weighted by molar-refractivity contribution is 5.87. The van der Waals surface area contributed by atoms with E-state index in [-0.39, 0.29) is 11.8 Å². The Hall–Kier alpha value is -1.36. The van der Waals surface area contributed by atoms with Gasteiger partial charge in [-0.3, -0.25) is 9.59 Å². The highest BCUT2D eigenvalue weighted by atomic mass is 16.2. The summed E-state index contributed by atoms with van der Waals surface area (Å²) in [5.41, 5.74) is 0. The first-order valence-electron chi connectivity index (χ1n) is 5.17. The average molecular weight is 211 g/mol. The molecular formula is C10H17N3O2. The van der Waals surface area contributed by atoms with Crippen molar-refractivity contribution in [3.8, 4) is 0 Å². The molecule has 84 valence electrons. The van der Waals surface area contributed by atoms with Crippen molar-refractivity contribution in [2.45, 2.75) is 6.92 Å². The van der Waals surface area contributed by atoms with Crippen molar-refractivity contribution in [1.29, 1.82) is 0 Å². The monoisotopic (exact) mass is 211 g/mol. The van der Waals surface area contributed by atoms with Gasteiger partial charge in [-0.1, -0.05) is 6.08 Å². The summed E-state index contributed by atoms with van der Waals surface area (Å²) in [6.45, 7) is 4.92. The summed E-state index contributed by atoms with van der Waals surface area (Å²) < 4.78 is 0. The fraction of sp³-hybridized carbons (Fsp3) is 0.600. The highest BCUT2D eigenvalue weighted by Gasteiger charge is 2.15. The van der Waals surface area contributed by atoms with Gasteiger partial charge in [0.25, 0.3) is 0 Å². The van der Waals surface area contributed by atoms with Crippen LogP contribution in [0.3, 0.4) is 0 Å². The summed E-state index contributed by atoms with van der Waals surface area (Å²) in [6, 6.07) is 0. The third-order valence-corrected chi connectivity index (χ3v) is 2.13. The normalized spacial score (nSPS) is 17.1. The second-order valence-electron chi connectivity index (χ2n) is 3.31. The minimum absolute atomic E-state index is 0.0850. The predicted molar refractivity (Wildman–Crippen MR) is 57.3 cm³/mol. The number of rotatable bonds is 4. The van der Waals surface area contributed by atoms with Gasteiger partial charge in [0, 0.05) is 32.3 Å². The van der Waals surface area contributed by atoms with Crippen LogP contribution < -0.4 is 10.6 Å². The standard InChI is InChI=1S/C10H17N3O2/c1-2-12-9(14)4-3-6-13-7-5-11-8-10(13)15/h3-4,11H,2,5-8H2,1H3,(H,12,14)/b4-3+. The van der Waals surface area contributed by atoms with Gasteiger partial charge >= 0.3 is 0 Å². The first-order valence-corrected chi connectivity index (χ1v) is 5.17. The van der Waals surface area contributed by atoms with Crippen LogP contribution in [0.25, 0.3) is 0 Å². The zero-order chi connectivity index (χ0) is 11.1. The van der Waals surface area contributed by atoms with Crippen LogP contribution in [0.5, 0.6) is 0 Å². The van der Waals surface area contributed by atoms with Gasteiger partial charge in [-0.05, 0) is 6.92 Å². The number of carbonyl (C=O) groups is 2. The maximum absolute atomic E-state index is 11.3. The van der Waals surface area contributed by atoms with Crippen LogP contribution in [0.2, 0.25) is 0 Å². The molecule has 1 aliphatic rings. The molecule has 0 bridgehead atoms. The fourth-order valence-corrected chi connectivity index (χ4v) is 1.36. The number of likely N-dealkylation sites (N-methyl/N-ethyl adjacent to an activating group) is 1. The molecule has 0 atom stereocenters. The third kappa shape index (κ3) is 4.12. The van der Waals surface area contributed by atoms with E-state index >= 15 is 0 Å². The van der Waals surface area contributed by atoms with E-state index in [2.05, 4.69) is 10.6 Å². The Morgan fingerprint density at radius 2 is 2.47 bits per heavy atom. The Balaban J connectivity index is 2.29. The van der Waals surface area contributed by atoms with E-state index < -0.39 is 0 Å². The smallest absolute Gasteiger partial charge is 0.243 e. The maximum atomic E-state index is 11.3. The predicted octanol–water partition coefficient (Wildman–Crippen LogP) is -0.889. The molecule has 5 nitrogen and oxygen atoms in total. The average Bonchev–Trinajstić information content (AvgIpc) is 2.21. The molecule has 1 saturated heterocycles. The van der Waals surface area contributed by atoms with E-state index in [4.69, 9.17) is 0 Å². The van der Waals surface area contributed by atoms with Crippen molar-refractivity contribution < 1.29 is 9.59 Å². The third-order valence-electron chi connectivity index (χ3n) is 2.13. The summed E-state index contributed by atoms with van der Waals surface area (Å²) in [5.74, 6) is -0.0260. The summed E-state index contributed by atoms with van der Waals surface area (Å²) in [4.78, 5) is 24.1. The second-order valence-corrected chi connectivity index (χ2v) is 3.31. The Morgan fingerprint density at radius 1 is 1.67 bits per heavy atom. The Morgan fingerprint density at radius 3 is 3.13 bits per heavy atom. The van der Waals surface area contributed by atoms with Crippen LogP contribution in [-0.2, 0) is 9.59 Å². The molecule has 1 rings (SSSR count). The van der Waals surface area contributed by atoms with E-state index in [1.54, 1.807) is 11.0 Å². The number of hydrogen-bond acceptors (Lipinski definition) is 3. The number of hydrogen-bond donors (Lipinski definition) is 2. The van der Waals surface area contributed by atoms with Gasteiger partial charge < -0.3 is 15.5 Å². The van der Waals surface area contributed by atoms with E-state index in [1.165, 1.54) is 6.08 Å². The largest absolute Gasteiger partial charge is 0.353 e. The van der Waals surface area contributed by atoms with Crippen molar-refractivity contribution in [3.63, 3.8) is 0 Å². The molecule has 1 fully saturated rings. The zero-order valence-electron chi connectivity index (χ0n) is 8.95. The number of nitrogens with one attached hydrogen (secondary N) is 2. The molecule has 15 heavy (non-hydrogen) atoms. The van der Waals surface area contributed by atoms with Crippen molar-refractivity contribution in [2.75, 3.05) is 32.7 Å². The Kier molecular flexibility index (Phi) is 4.83. The topological polar surface area (TPSA) is 61.4 Å². The molecule has 0 aromatic carbocycles. The number of piperazine rings is 1. The van der Waals surface area contributed by atoms with Gasteiger partial charge in [-0.25, -0.2) is 0 Å². The molecule has 0 aromatic heterocycles. The first-order chi connectivity index (χ1) is 7.24. The van der Waals surface area contributed by atoms with E-state index in [0.717, 1.165) is 6.54 Å². The molecule has 5 heteroatoms. The highest BCUT2D eigenvalue weighted by Crippen LogP contribution is 1.94. The lowest BCUT2D eigenvalue weighted by Crippen LogP contribution is -2.47. The van der Waals surface area contributed by atoms with Crippen LogP contribution in [0.1, 0.15) is 6.92 Å². The summed E-state index contributed by atoms with van der Waals surface area (Å²) in [6.07, 6.45) is 3.19. The molecule has 0 aromatic rings. The molecule has 0 aliphatic carbocycles.